The van der Waals surface area contributed by atoms with Gasteiger partial charge in [0.1, 0.15) is 0 Å². The van der Waals surface area contributed by atoms with E-state index in [1.54, 1.807) is 35.2 Å². The SMILES string of the molecule is O=C(O)c1ccc(CCN2C(=O)OCC[C@@H]2CCCC(F)(F)c2ccccc2)cc1. The fourth-order valence-corrected chi connectivity index (χ4v) is 3.69. The van der Waals surface area contributed by atoms with Crippen LogP contribution in [-0.2, 0) is 17.1 Å². The number of ether oxygens (including phenoxy) is 1. The normalized spacial score (nSPS) is 16.9. The van der Waals surface area contributed by atoms with Gasteiger partial charge in [0.2, 0.25) is 0 Å². The van der Waals surface area contributed by atoms with Crippen molar-refractivity contribution >= 4 is 12.1 Å². The van der Waals surface area contributed by atoms with E-state index >= 15 is 0 Å². The Kier molecular flexibility index (Phi) is 7.03. The average molecular weight is 417 g/mol. The Morgan fingerprint density at radius 3 is 2.50 bits per heavy atom. The summed E-state index contributed by atoms with van der Waals surface area (Å²) in [6, 6.07) is 14.1. The number of carbonyl (C=O) groups is 2. The number of alkyl halides is 2. The zero-order valence-corrected chi connectivity index (χ0v) is 16.6. The molecular formula is C23H25F2NO4. The van der Waals surface area contributed by atoms with E-state index in [2.05, 4.69) is 0 Å². The molecule has 1 N–H and O–H groups in total. The van der Waals surface area contributed by atoms with E-state index in [1.165, 1.54) is 24.3 Å². The largest absolute Gasteiger partial charge is 0.478 e. The van der Waals surface area contributed by atoms with Crippen molar-refractivity contribution in [3.8, 4) is 0 Å². The lowest BCUT2D eigenvalue weighted by Crippen LogP contribution is -2.46. The minimum atomic E-state index is -2.90. The van der Waals surface area contributed by atoms with E-state index < -0.39 is 18.0 Å². The molecule has 0 unspecified atom stereocenters. The molecule has 5 nitrogen and oxygen atoms in total. The van der Waals surface area contributed by atoms with Crippen LogP contribution >= 0.6 is 0 Å². The number of nitrogens with zero attached hydrogens (tertiary/aromatic N) is 1. The van der Waals surface area contributed by atoms with Crippen LogP contribution in [0.2, 0.25) is 0 Å². The molecule has 7 heteroatoms. The highest BCUT2D eigenvalue weighted by Crippen LogP contribution is 2.34. The lowest BCUT2D eigenvalue weighted by Gasteiger charge is -2.35. The second kappa shape index (κ2) is 9.69. The second-order valence-electron chi connectivity index (χ2n) is 7.47. The molecule has 1 heterocycles. The molecule has 0 spiro atoms. The van der Waals surface area contributed by atoms with E-state index in [9.17, 15) is 18.4 Å². The molecule has 0 aromatic heterocycles. The number of aromatic carboxylic acids is 1. The molecule has 3 rings (SSSR count). The Morgan fingerprint density at radius 1 is 1.13 bits per heavy atom. The quantitative estimate of drug-likeness (QED) is 0.616. The van der Waals surface area contributed by atoms with Crippen molar-refractivity contribution in [1.29, 1.82) is 0 Å². The summed E-state index contributed by atoms with van der Waals surface area (Å²) >= 11 is 0. The molecule has 160 valence electrons. The van der Waals surface area contributed by atoms with Gasteiger partial charge in [-0.05, 0) is 37.0 Å². The Bertz CT molecular complexity index is 855. The zero-order chi connectivity index (χ0) is 21.6. The molecule has 0 radical (unpaired) electrons. The number of carbonyl (C=O) groups excluding carboxylic acids is 1. The van der Waals surface area contributed by atoms with Gasteiger partial charge in [0.05, 0.1) is 12.2 Å². The third-order valence-electron chi connectivity index (χ3n) is 5.42. The van der Waals surface area contributed by atoms with Crippen LogP contribution in [0.4, 0.5) is 13.6 Å². The maximum absolute atomic E-state index is 14.4. The standard InChI is InChI=1S/C23H25F2NO4/c24-23(25,19-5-2-1-3-6-19)14-4-7-20-13-16-30-22(29)26(20)15-12-17-8-10-18(11-9-17)21(27)28/h1-3,5-6,8-11,20H,4,7,12-16H2,(H,27,28)/t20-/m0/s1. The lowest BCUT2D eigenvalue weighted by molar-refractivity contribution is -0.0190. The van der Waals surface area contributed by atoms with Gasteiger partial charge in [-0.25, -0.2) is 18.4 Å². The Balaban J connectivity index is 1.55. The number of carboxylic acids is 1. The minimum absolute atomic E-state index is 0.00900. The van der Waals surface area contributed by atoms with Crippen LogP contribution in [0.1, 0.15) is 47.2 Å². The zero-order valence-electron chi connectivity index (χ0n) is 16.6. The highest BCUT2D eigenvalue weighted by Gasteiger charge is 2.33. The summed E-state index contributed by atoms with van der Waals surface area (Å²) in [6.07, 6.45) is 1.22. The predicted octanol–water partition coefficient (Wildman–Crippen LogP) is 5.10. The van der Waals surface area contributed by atoms with Gasteiger partial charge in [-0.2, -0.15) is 0 Å². The topological polar surface area (TPSA) is 66.8 Å². The van der Waals surface area contributed by atoms with Gasteiger partial charge in [-0.1, -0.05) is 42.5 Å². The average Bonchev–Trinajstić information content (AvgIpc) is 2.74. The summed E-state index contributed by atoms with van der Waals surface area (Å²) in [4.78, 5) is 24.8. The summed E-state index contributed by atoms with van der Waals surface area (Å²) in [5.41, 5.74) is 1.11. The van der Waals surface area contributed by atoms with E-state index in [0.717, 1.165) is 5.56 Å². The molecule has 2 aromatic carbocycles. The fourth-order valence-electron chi connectivity index (χ4n) is 3.69. The summed E-state index contributed by atoms with van der Waals surface area (Å²) in [5.74, 6) is -3.89. The highest BCUT2D eigenvalue weighted by molar-refractivity contribution is 5.87. The minimum Gasteiger partial charge on any atom is -0.478 e. The maximum atomic E-state index is 14.4. The van der Waals surface area contributed by atoms with Crippen LogP contribution < -0.4 is 0 Å². The second-order valence-corrected chi connectivity index (χ2v) is 7.47. The number of cyclic esters (lactones) is 1. The molecule has 1 saturated heterocycles. The smallest absolute Gasteiger partial charge is 0.410 e. The summed E-state index contributed by atoms with van der Waals surface area (Å²) in [5, 5.41) is 8.97. The molecule has 0 aliphatic carbocycles. The Morgan fingerprint density at radius 2 is 1.83 bits per heavy atom. The van der Waals surface area contributed by atoms with Crippen LogP contribution in [-0.4, -0.2) is 41.3 Å². The molecule has 0 bridgehead atoms. The first kappa shape index (κ1) is 21.7. The highest BCUT2D eigenvalue weighted by atomic mass is 19.3. The van der Waals surface area contributed by atoms with E-state index in [0.29, 0.717) is 38.8 Å². The third-order valence-corrected chi connectivity index (χ3v) is 5.42. The molecule has 0 saturated carbocycles. The fraction of sp³-hybridized carbons (Fsp3) is 0.391. The van der Waals surface area contributed by atoms with Gasteiger partial charge in [-0.15, -0.1) is 0 Å². The lowest BCUT2D eigenvalue weighted by atomic mass is 9.98. The van der Waals surface area contributed by atoms with Crippen LogP contribution in [0.15, 0.2) is 54.6 Å². The van der Waals surface area contributed by atoms with Crippen molar-refractivity contribution in [2.75, 3.05) is 13.2 Å². The van der Waals surface area contributed by atoms with E-state index in [1.807, 2.05) is 0 Å². The molecule has 1 fully saturated rings. The molecular weight excluding hydrogens is 392 g/mol. The van der Waals surface area contributed by atoms with Crippen LogP contribution in [0, 0.1) is 0 Å². The Labute approximate surface area is 174 Å². The number of amides is 1. The molecule has 1 amide bonds. The van der Waals surface area contributed by atoms with Crippen LogP contribution in [0.25, 0.3) is 0 Å². The van der Waals surface area contributed by atoms with Crippen LogP contribution in [0.3, 0.4) is 0 Å². The molecule has 30 heavy (non-hydrogen) atoms. The van der Waals surface area contributed by atoms with E-state index in [4.69, 9.17) is 9.84 Å². The number of halogens is 2. The van der Waals surface area contributed by atoms with Gasteiger partial charge >= 0.3 is 12.1 Å². The van der Waals surface area contributed by atoms with Gasteiger partial charge in [-0.3, -0.25) is 0 Å². The maximum Gasteiger partial charge on any atom is 0.410 e. The molecule has 1 aliphatic heterocycles. The van der Waals surface area contributed by atoms with Crippen LogP contribution in [0.5, 0.6) is 0 Å². The van der Waals surface area contributed by atoms with Crippen molar-refractivity contribution in [3.63, 3.8) is 0 Å². The first-order chi connectivity index (χ1) is 14.4. The molecule has 1 atom stereocenters. The van der Waals surface area contributed by atoms with Gasteiger partial charge < -0.3 is 14.7 Å². The summed E-state index contributed by atoms with van der Waals surface area (Å²) < 4.78 is 33.9. The number of rotatable bonds is 9. The van der Waals surface area contributed by atoms with Crippen molar-refractivity contribution < 1.29 is 28.2 Å². The monoisotopic (exact) mass is 417 g/mol. The van der Waals surface area contributed by atoms with Crippen molar-refractivity contribution in [2.24, 2.45) is 0 Å². The Hall–Kier alpha value is -2.96. The first-order valence-corrected chi connectivity index (χ1v) is 10.1. The summed E-state index contributed by atoms with van der Waals surface area (Å²) in [6.45, 7) is 0.688. The number of benzene rings is 2. The van der Waals surface area contributed by atoms with Gasteiger partial charge in [0.15, 0.2) is 0 Å². The third kappa shape index (κ3) is 5.55. The summed E-state index contributed by atoms with van der Waals surface area (Å²) in [7, 11) is 0. The van der Waals surface area contributed by atoms with Crippen molar-refractivity contribution in [2.45, 2.75) is 44.1 Å². The molecule has 1 aliphatic rings. The number of carboxylic acid groups (broad SMARTS) is 1. The van der Waals surface area contributed by atoms with E-state index in [-0.39, 0.29) is 23.6 Å². The number of hydrogen-bond acceptors (Lipinski definition) is 3. The molecule has 2 aromatic rings. The number of hydrogen-bond donors (Lipinski definition) is 1. The predicted molar refractivity (Wildman–Crippen MR) is 108 cm³/mol. The van der Waals surface area contributed by atoms with Crippen molar-refractivity contribution in [3.05, 3.63) is 71.3 Å². The van der Waals surface area contributed by atoms with Gasteiger partial charge in [0, 0.05) is 31.0 Å². The first-order valence-electron chi connectivity index (χ1n) is 10.1. The van der Waals surface area contributed by atoms with Crippen molar-refractivity contribution in [1.82, 2.24) is 4.90 Å². The van der Waals surface area contributed by atoms with Gasteiger partial charge in [0.25, 0.3) is 5.92 Å².